The minimum absolute atomic E-state index is 0.0215. The first-order valence-electron chi connectivity index (χ1n) is 13.7. The second kappa shape index (κ2) is 15.6. The number of fused-ring (bicyclic) bond motifs is 1. The zero-order chi connectivity index (χ0) is 33.1. The third-order valence-corrected chi connectivity index (χ3v) is 6.68. The van der Waals surface area contributed by atoms with Crippen LogP contribution in [0, 0.1) is 0 Å². The number of carbonyl (C=O) groups excluding carboxylic acids is 4. The molecule has 1 aromatic carbocycles. The third-order valence-electron chi connectivity index (χ3n) is 6.68. The largest absolute Gasteiger partial charge is 0.481 e. The molecule has 0 aliphatic heterocycles. The van der Waals surface area contributed by atoms with Crippen molar-refractivity contribution in [3.05, 3.63) is 54.2 Å². The smallest absolute Gasteiger partial charge is 0.326 e. The number of aromatic nitrogens is 3. The van der Waals surface area contributed by atoms with Crippen LogP contribution in [0.15, 0.2) is 43.0 Å². The summed E-state index contributed by atoms with van der Waals surface area (Å²) < 4.78 is 0. The molecule has 240 valence electrons. The fourth-order valence-corrected chi connectivity index (χ4v) is 4.53. The lowest BCUT2D eigenvalue weighted by molar-refractivity contribution is -0.147. The summed E-state index contributed by atoms with van der Waals surface area (Å²) in [4.78, 5) is 95.5. The molecule has 17 heteroatoms. The number of aliphatic carboxylic acids is 3. The average molecular weight is 628 g/mol. The number of hydrogen-bond donors (Lipinski definition) is 9. The fraction of sp³-hybridized carbons (Fsp3) is 0.357. The Labute approximate surface area is 255 Å². The molecule has 2 aromatic heterocycles. The van der Waals surface area contributed by atoms with Crippen LogP contribution in [0.1, 0.15) is 37.4 Å². The molecule has 0 bridgehead atoms. The highest BCUT2D eigenvalue weighted by molar-refractivity contribution is 5.96. The second-order valence-corrected chi connectivity index (χ2v) is 10.1. The minimum atomic E-state index is -1.82. The van der Waals surface area contributed by atoms with E-state index >= 15 is 0 Å². The van der Waals surface area contributed by atoms with E-state index in [0.717, 1.165) is 10.9 Å². The molecule has 45 heavy (non-hydrogen) atoms. The highest BCUT2D eigenvalue weighted by atomic mass is 16.4. The number of benzene rings is 1. The molecule has 0 unspecified atom stereocenters. The lowest BCUT2D eigenvalue weighted by atomic mass is 10.0. The standard InChI is InChI=1S/C28H33N7O10/c1-14(36)32-20(8-15-11-30-18-5-3-2-4-17(15)18)26(42)33-19(6-7-23(37)38)25(41)34-21(9-16-12-29-13-31-16)27(43)35-22(28(44)45)10-24(39)40/h2-5,11-13,19-22,30H,6-10H2,1H3,(H,29,31)(H,32,36)(H,33,42)(H,34,41)(H,35,43)(H,37,38)(H,39,40)(H,44,45)/t19-,20-,21-,22-/m0/s1. The van der Waals surface area contributed by atoms with E-state index in [9.17, 15) is 43.8 Å². The molecule has 3 rings (SSSR count). The van der Waals surface area contributed by atoms with Gasteiger partial charge >= 0.3 is 17.9 Å². The van der Waals surface area contributed by atoms with Crippen LogP contribution in [-0.4, -0.2) is 96.0 Å². The number of carbonyl (C=O) groups is 7. The Morgan fingerprint density at radius 2 is 1.40 bits per heavy atom. The first-order valence-corrected chi connectivity index (χ1v) is 13.7. The molecular formula is C28H33N7O10. The number of carboxylic acid groups (broad SMARTS) is 3. The van der Waals surface area contributed by atoms with E-state index in [4.69, 9.17) is 5.11 Å². The zero-order valence-corrected chi connectivity index (χ0v) is 24.0. The van der Waals surface area contributed by atoms with Crippen LogP contribution in [0.3, 0.4) is 0 Å². The summed E-state index contributed by atoms with van der Waals surface area (Å²) >= 11 is 0. The number of para-hydroxylation sites is 1. The van der Waals surface area contributed by atoms with E-state index in [1.807, 2.05) is 18.2 Å². The summed E-state index contributed by atoms with van der Waals surface area (Å²) in [7, 11) is 0. The van der Waals surface area contributed by atoms with Gasteiger partial charge in [-0.05, 0) is 18.1 Å². The van der Waals surface area contributed by atoms with Gasteiger partial charge in [0.25, 0.3) is 0 Å². The normalized spacial score (nSPS) is 13.5. The number of nitrogens with one attached hydrogen (secondary N) is 6. The molecule has 0 fully saturated rings. The van der Waals surface area contributed by atoms with Crippen molar-refractivity contribution in [1.82, 2.24) is 36.2 Å². The van der Waals surface area contributed by atoms with Crippen molar-refractivity contribution >= 4 is 52.4 Å². The van der Waals surface area contributed by atoms with E-state index in [1.165, 1.54) is 19.4 Å². The van der Waals surface area contributed by atoms with Gasteiger partial charge in [0.05, 0.1) is 12.7 Å². The first-order chi connectivity index (χ1) is 21.3. The number of nitrogens with zero attached hydrogens (tertiary/aromatic N) is 1. The summed E-state index contributed by atoms with van der Waals surface area (Å²) in [5.41, 5.74) is 1.83. The number of imidazole rings is 1. The quantitative estimate of drug-likeness (QED) is 0.0881. The minimum Gasteiger partial charge on any atom is -0.481 e. The van der Waals surface area contributed by atoms with Crippen molar-refractivity contribution < 1.29 is 48.9 Å². The Morgan fingerprint density at radius 1 is 0.778 bits per heavy atom. The molecule has 0 aliphatic rings. The van der Waals surface area contributed by atoms with Crippen LogP contribution in [0.25, 0.3) is 10.9 Å². The summed E-state index contributed by atoms with van der Waals surface area (Å²) in [6.07, 6.45) is 2.19. The van der Waals surface area contributed by atoms with Gasteiger partial charge in [0.1, 0.15) is 24.2 Å². The predicted octanol–water partition coefficient (Wildman–Crippen LogP) is -0.941. The van der Waals surface area contributed by atoms with Gasteiger partial charge in [0, 0.05) is 55.2 Å². The third kappa shape index (κ3) is 10.2. The number of H-pyrrole nitrogens is 2. The number of amides is 4. The average Bonchev–Trinajstić information content (AvgIpc) is 3.63. The maximum Gasteiger partial charge on any atom is 0.326 e. The van der Waals surface area contributed by atoms with E-state index in [1.54, 1.807) is 12.3 Å². The SMILES string of the molecule is CC(=O)N[C@@H](Cc1c[nH]c2ccccc12)C(=O)N[C@@H](CCC(=O)O)C(=O)N[C@@H](Cc1cnc[nH]1)C(=O)N[C@@H](CC(=O)O)C(=O)O. The lowest BCUT2D eigenvalue weighted by Gasteiger charge is -2.25. The highest BCUT2D eigenvalue weighted by Gasteiger charge is 2.32. The molecule has 2 heterocycles. The maximum absolute atomic E-state index is 13.4. The van der Waals surface area contributed by atoms with E-state index in [0.29, 0.717) is 11.3 Å². The Kier molecular flexibility index (Phi) is 11.7. The van der Waals surface area contributed by atoms with Crippen molar-refractivity contribution in [2.45, 2.75) is 63.2 Å². The maximum atomic E-state index is 13.4. The topological polar surface area (TPSA) is 273 Å². The van der Waals surface area contributed by atoms with Crippen molar-refractivity contribution in [1.29, 1.82) is 0 Å². The molecule has 0 radical (unpaired) electrons. The summed E-state index contributed by atoms with van der Waals surface area (Å²) in [5.74, 6) is -7.76. The van der Waals surface area contributed by atoms with Gasteiger partial charge in [0.15, 0.2) is 0 Å². The summed E-state index contributed by atoms with van der Waals surface area (Å²) in [6, 6.07) is 1.29. The van der Waals surface area contributed by atoms with Crippen LogP contribution in [0.5, 0.6) is 0 Å². The van der Waals surface area contributed by atoms with Crippen LogP contribution in [0.2, 0.25) is 0 Å². The van der Waals surface area contributed by atoms with Crippen LogP contribution in [-0.2, 0) is 46.4 Å². The van der Waals surface area contributed by atoms with Gasteiger partial charge in [-0.15, -0.1) is 0 Å². The molecule has 3 aromatic rings. The predicted molar refractivity (Wildman–Crippen MR) is 154 cm³/mol. The molecule has 0 saturated heterocycles. The van der Waals surface area contributed by atoms with Gasteiger partial charge in [-0.25, -0.2) is 9.78 Å². The van der Waals surface area contributed by atoms with Crippen molar-refractivity contribution in [2.24, 2.45) is 0 Å². The Bertz CT molecular complexity index is 1550. The lowest BCUT2D eigenvalue weighted by Crippen LogP contribution is -2.58. The van der Waals surface area contributed by atoms with Crippen molar-refractivity contribution in [2.75, 3.05) is 0 Å². The van der Waals surface area contributed by atoms with E-state index in [-0.39, 0.29) is 12.8 Å². The summed E-state index contributed by atoms with van der Waals surface area (Å²) in [6.45, 7) is 1.21. The molecule has 4 amide bonds. The monoisotopic (exact) mass is 627 g/mol. The van der Waals surface area contributed by atoms with Gasteiger partial charge in [-0.3, -0.25) is 28.8 Å². The molecule has 17 nitrogen and oxygen atoms in total. The van der Waals surface area contributed by atoms with Gasteiger partial charge in [-0.2, -0.15) is 0 Å². The molecule has 4 atom stereocenters. The number of rotatable bonds is 17. The number of aromatic amines is 2. The van der Waals surface area contributed by atoms with Crippen molar-refractivity contribution in [3.63, 3.8) is 0 Å². The Hall–Kier alpha value is -5.74. The molecule has 0 aliphatic carbocycles. The fourth-order valence-electron chi connectivity index (χ4n) is 4.53. The molecule has 9 N–H and O–H groups in total. The Morgan fingerprint density at radius 3 is 2.00 bits per heavy atom. The van der Waals surface area contributed by atoms with Gasteiger partial charge in [-0.1, -0.05) is 18.2 Å². The summed E-state index contributed by atoms with van der Waals surface area (Å²) in [5, 5.41) is 37.9. The van der Waals surface area contributed by atoms with Gasteiger partial charge < -0.3 is 46.6 Å². The van der Waals surface area contributed by atoms with Gasteiger partial charge in [0.2, 0.25) is 23.6 Å². The van der Waals surface area contributed by atoms with Crippen LogP contribution >= 0.6 is 0 Å². The van der Waals surface area contributed by atoms with Crippen molar-refractivity contribution in [3.8, 4) is 0 Å². The van der Waals surface area contributed by atoms with Crippen LogP contribution in [0.4, 0.5) is 0 Å². The highest BCUT2D eigenvalue weighted by Crippen LogP contribution is 2.19. The Balaban J connectivity index is 1.83. The molecule has 0 spiro atoms. The number of carboxylic acids is 3. The van der Waals surface area contributed by atoms with E-state index < -0.39 is 85.0 Å². The number of hydrogen-bond acceptors (Lipinski definition) is 8. The van der Waals surface area contributed by atoms with E-state index in [2.05, 4.69) is 36.2 Å². The first kappa shape index (κ1) is 33.8. The molecule has 0 saturated carbocycles. The zero-order valence-electron chi connectivity index (χ0n) is 24.0. The van der Waals surface area contributed by atoms with Crippen LogP contribution < -0.4 is 21.3 Å². The molecular weight excluding hydrogens is 594 g/mol. The second-order valence-electron chi connectivity index (χ2n) is 10.1.